The lowest BCUT2D eigenvalue weighted by molar-refractivity contribution is -0.130. The minimum atomic E-state index is -0.401. The van der Waals surface area contributed by atoms with Crippen LogP contribution in [0.25, 0.3) is 5.69 Å². The van der Waals surface area contributed by atoms with E-state index in [0.717, 1.165) is 24.5 Å². The first-order valence-corrected chi connectivity index (χ1v) is 12.4. The molecule has 2 aliphatic rings. The van der Waals surface area contributed by atoms with E-state index in [-0.39, 0.29) is 5.91 Å². The molecule has 2 aliphatic heterocycles. The third kappa shape index (κ3) is 4.71. The highest BCUT2D eigenvalue weighted by Crippen LogP contribution is 2.37. The summed E-state index contributed by atoms with van der Waals surface area (Å²) in [6, 6.07) is 17.5. The van der Waals surface area contributed by atoms with Crippen LogP contribution in [-0.4, -0.2) is 51.0 Å². The fourth-order valence-corrected chi connectivity index (χ4v) is 5.50. The molecule has 1 saturated heterocycles. The van der Waals surface area contributed by atoms with Crippen LogP contribution in [0.4, 0.5) is 0 Å². The maximum atomic E-state index is 13.0. The third-order valence-corrected chi connectivity index (χ3v) is 6.93. The van der Waals surface area contributed by atoms with Crippen LogP contribution < -0.4 is 9.47 Å². The second-order valence-corrected chi connectivity index (χ2v) is 9.85. The normalized spacial score (nSPS) is 22.2. The smallest absolute Gasteiger partial charge is 0.233 e. The average molecular weight is 465 g/mol. The number of carbonyl (C=O) groups is 1. The number of thioether (sulfide) groups is 1. The number of carbonyl (C=O) groups excluding carboxylic acids is 1. The molecule has 0 spiro atoms. The van der Waals surface area contributed by atoms with Crippen molar-refractivity contribution in [2.75, 3.05) is 25.4 Å². The third-order valence-electron chi connectivity index (χ3n) is 6.02. The average Bonchev–Trinajstić information content (AvgIpc) is 3.26. The van der Waals surface area contributed by atoms with Gasteiger partial charge in [-0.2, -0.15) is 0 Å². The van der Waals surface area contributed by atoms with Crippen LogP contribution in [0, 0.1) is 11.8 Å². The maximum Gasteiger partial charge on any atom is 0.233 e. The lowest BCUT2D eigenvalue weighted by Crippen LogP contribution is -2.43. The van der Waals surface area contributed by atoms with Crippen molar-refractivity contribution in [3.8, 4) is 17.2 Å². The molecule has 0 radical (unpaired) electrons. The zero-order valence-electron chi connectivity index (χ0n) is 18.9. The molecular weight excluding hydrogens is 436 g/mol. The molecule has 0 N–H and O–H groups in total. The molecule has 33 heavy (non-hydrogen) atoms. The predicted molar refractivity (Wildman–Crippen MR) is 127 cm³/mol. The summed E-state index contributed by atoms with van der Waals surface area (Å²) in [6.45, 7) is 6.42. The summed E-state index contributed by atoms with van der Waals surface area (Å²) in [6.07, 6.45) is 0.774. The Morgan fingerprint density at radius 3 is 2.45 bits per heavy atom. The highest BCUT2D eigenvalue weighted by molar-refractivity contribution is 7.99. The molecule has 5 rings (SSSR count). The summed E-state index contributed by atoms with van der Waals surface area (Å²) >= 11 is 1.42. The second-order valence-electron chi connectivity index (χ2n) is 8.91. The van der Waals surface area contributed by atoms with Crippen molar-refractivity contribution in [2.45, 2.75) is 31.5 Å². The predicted octanol–water partition coefficient (Wildman–Crippen LogP) is 4.38. The highest BCUT2D eigenvalue weighted by atomic mass is 32.2. The van der Waals surface area contributed by atoms with E-state index in [0.29, 0.717) is 40.9 Å². The van der Waals surface area contributed by atoms with Crippen LogP contribution in [0.15, 0.2) is 59.8 Å². The Kier molecular flexibility index (Phi) is 6.26. The number of fused-ring (bicyclic) bond motifs is 1. The molecule has 0 saturated carbocycles. The number of piperidine rings is 1. The topological polar surface area (TPSA) is 69.5 Å². The lowest BCUT2D eigenvalue weighted by atomic mass is 9.92. The molecular formula is C25H28N4O3S. The quantitative estimate of drug-likeness (QED) is 0.522. The van der Waals surface area contributed by atoms with Gasteiger partial charge >= 0.3 is 0 Å². The SMILES string of the molecule is C[C@@H]1C[C@@H](C)CN(C(=O)CSc2nnc([C@@H]3COc4ccccc4O3)n2-c2ccccc2)C1. The van der Waals surface area contributed by atoms with Gasteiger partial charge in [-0.3, -0.25) is 9.36 Å². The molecule has 1 amide bonds. The van der Waals surface area contributed by atoms with Gasteiger partial charge in [0, 0.05) is 18.8 Å². The number of para-hydroxylation sites is 3. The Bertz CT molecular complexity index is 1110. The van der Waals surface area contributed by atoms with Crippen molar-refractivity contribution < 1.29 is 14.3 Å². The number of ether oxygens (including phenoxy) is 2. The van der Waals surface area contributed by atoms with Crippen molar-refractivity contribution in [3.63, 3.8) is 0 Å². The van der Waals surface area contributed by atoms with Crippen LogP contribution in [0.1, 0.15) is 32.2 Å². The summed E-state index contributed by atoms with van der Waals surface area (Å²) in [7, 11) is 0. The lowest BCUT2D eigenvalue weighted by Gasteiger charge is -2.35. The van der Waals surface area contributed by atoms with E-state index in [1.54, 1.807) is 0 Å². The fraction of sp³-hybridized carbons (Fsp3) is 0.400. The first kappa shape index (κ1) is 21.8. The number of hydrogen-bond donors (Lipinski definition) is 0. The van der Waals surface area contributed by atoms with E-state index in [9.17, 15) is 4.79 Å². The number of nitrogens with zero attached hydrogens (tertiary/aromatic N) is 4. The minimum Gasteiger partial charge on any atom is -0.485 e. The Hall–Kier alpha value is -3.00. The van der Waals surface area contributed by atoms with E-state index in [1.165, 1.54) is 18.2 Å². The van der Waals surface area contributed by atoms with Gasteiger partial charge in [-0.05, 0) is 42.5 Å². The Labute approximate surface area is 198 Å². The largest absolute Gasteiger partial charge is 0.485 e. The summed E-state index contributed by atoms with van der Waals surface area (Å²) in [5, 5.41) is 9.58. The molecule has 0 aliphatic carbocycles. The van der Waals surface area contributed by atoms with E-state index in [4.69, 9.17) is 9.47 Å². The van der Waals surface area contributed by atoms with Gasteiger partial charge < -0.3 is 14.4 Å². The summed E-state index contributed by atoms with van der Waals surface area (Å²) < 4.78 is 14.1. The molecule has 8 heteroatoms. The van der Waals surface area contributed by atoms with Gasteiger partial charge in [0.25, 0.3) is 0 Å². The number of benzene rings is 2. The van der Waals surface area contributed by atoms with Crippen molar-refractivity contribution in [1.29, 1.82) is 0 Å². The van der Waals surface area contributed by atoms with Gasteiger partial charge in [0.1, 0.15) is 6.61 Å². The Balaban J connectivity index is 1.38. The van der Waals surface area contributed by atoms with E-state index in [1.807, 2.05) is 64.1 Å². The standard InChI is InChI=1S/C25H28N4O3S/c1-17-12-18(2)14-28(13-17)23(30)16-33-25-27-26-24(29(25)19-8-4-3-5-9-19)22-15-31-20-10-6-7-11-21(20)32-22/h3-11,17-18,22H,12-16H2,1-2H3/t17-,18-,22+/m1/s1. The van der Waals surface area contributed by atoms with Crippen LogP contribution in [0.2, 0.25) is 0 Å². The van der Waals surface area contributed by atoms with Crippen molar-refractivity contribution >= 4 is 17.7 Å². The van der Waals surface area contributed by atoms with Gasteiger partial charge in [0.2, 0.25) is 5.91 Å². The Morgan fingerprint density at radius 2 is 1.70 bits per heavy atom. The van der Waals surface area contributed by atoms with Gasteiger partial charge in [-0.15, -0.1) is 10.2 Å². The molecule has 172 valence electrons. The van der Waals surface area contributed by atoms with Gasteiger partial charge in [0.05, 0.1) is 5.75 Å². The second kappa shape index (κ2) is 9.47. The zero-order valence-corrected chi connectivity index (χ0v) is 19.7. The monoisotopic (exact) mass is 464 g/mol. The fourth-order valence-electron chi connectivity index (χ4n) is 4.63. The first-order valence-electron chi connectivity index (χ1n) is 11.4. The molecule has 1 fully saturated rings. The van der Waals surface area contributed by atoms with E-state index in [2.05, 4.69) is 24.0 Å². The molecule has 0 unspecified atom stereocenters. The maximum absolute atomic E-state index is 13.0. The summed E-state index contributed by atoms with van der Waals surface area (Å²) in [4.78, 5) is 15.0. The molecule has 2 aromatic carbocycles. The van der Waals surface area contributed by atoms with Crippen molar-refractivity contribution in [3.05, 3.63) is 60.4 Å². The number of aromatic nitrogens is 3. The molecule has 3 aromatic rings. The van der Waals surface area contributed by atoms with E-state index < -0.39 is 6.10 Å². The van der Waals surface area contributed by atoms with Crippen LogP contribution in [0.3, 0.4) is 0 Å². The number of hydrogen-bond acceptors (Lipinski definition) is 6. The molecule has 3 atom stereocenters. The number of rotatable bonds is 5. The Morgan fingerprint density at radius 1 is 1.00 bits per heavy atom. The van der Waals surface area contributed by atoms with Gasteiger partial charge in [-0.1, -0.05) is 55.9 Å². The molecule has 0 bridgehead atoms. The summed E-state index contributed by atoms with van der Waals surface area (Å²) in [5.41, 5.74) is 0.926. The number of likely N-dealkylation sites (tertiary alicyclic amines) is 1. The van der Waals surface area contributed by atoms with Crippen molar-refractivity contribution in [2.24, 2.45) is 11.8 Å². The highest BCUT2D eigenvalue weighted by Gasteiger charge is 2.30. The van der Waals surface area contributed by atoms with E-state index >= 15 is 0 Å². The number of amides is 1. The van der Waals surface area contributed by atoms with Crippen LogP contribution in [-0.2, 0) is 4.79 Å². The summed E-state index contributed by atoms with van der Waals surface area (Å²) in [5.74, 6) is 3.62. The van der Waals surface area contributed by atoms with Gasteiger partial charge in [0.15, 0.2) is 28.6 Å². The molecule has 7 nitrogen and oxygen atoms in total. The molecule has 3 heterocycles. The molecule has 1 aromatic heterocycles. The van der Waals surface area contributed by atoms with Crippen molar-refractivity contribution in [1.82, 2.24) is 19.7 Å². The first-order chi connectivity index (χ1) is 16.1. The minimum absolute atomic E-state index is 0.147. The van der Waals surface area contributed by atoms with Crippen LogP contribution in [0.5, 0.6) is 11.5 Å². The van der Waals surface area contributed by atoms with Gasteiger partial charge in [-0.25, -0.2) is 0 Å². The van der Waals surface area contributed by atoms with Crippen LogP contribution >= 0.6 is 11.8 Å². The zero-order chi connectivity index (χ0) is 22.8.